The van der Waals surface area contributed by atoms with Gasteiger partial charge in [-0.25, -0.2) is 9.59 Å². The zero-order valence-corrected chi connectivity index (χ0v) is 24.3. The highest BCUT2D eigenvalue weighted by atomic mass is 35.5. The molecule has 0 bridgehead atoms. The quantitative estimate of drug-likeness (QED) is 0.123. The molecule has 0 aliphatic carbocycles. The van der Waals surface area contributed by atoms with E-state index in [0.29, 0.717) is 10.0 Å². The van der Waals surface area contributed by atoms with E-state index >= 15 is 0 Å². The van der Waals surface area contributed by atoms with Gasteiger partial charge < -0.3 is 20.8 Å². The number of phenolic OH excluding ortho intramolecular Hbond substituents is 2. The van der Waals surface area contributed by atoms with Crippen LogP contribution in [0.25, 0.3) is 0 Å². The molecule has 0 unspecified atom stereocenters. The summed E-state index contributed by atoms with van der Waals surface area (Å²) in [6.45, 7) is 0. The summed E-state index contributed by atoms with van der Waals surface area (Å²) in [7, 11) is 0. The third-order valence-electron chi connectivity index (χ3n) is 5.73. The number of anilines is 4. The van der Waals surface area contributed by atoms with Crippen LogP contribution in [0.3, 0.4) is 0 Å². The maximum atomic E-state index is 14.0. The Hall–Kier alpha value is -4.93. The molecule has 4 N–H and O–H groups in total. The van der Waals surface area contributed by atoms with Gasteiger partial charge in [0.25, 0.3) is 5.69 Å². The third-order valence-corrected chi connectivity index (χ3v) is 7.37. The summed E-state index contributed by atoms with van der Waals surface area (Å²) < 4.78 is 0. The molecule has 0 spiro atoms. The predicted octanol–water partition coefficient (Wildman–Crippen LogP) is 8.18. The largest absolute Gasteiger partial charge is 0.506 e. The number of amides is 4. The number of nitrogens with one attached hydrogen (secondary N) is 2. The number of hydrazine groups is 1. The molecule has 4 aromatic carbocycles. The fraction of sp³-hybridized carbons (Fsp3) is 0. The van der Waals surface area contributed by atoms with Gasteiger partial charge in [0.15, 0.2) is 5.75 Å². The van der Waals surface area contributed by atoms with Crippen LogP contribution in [0.5, 0.6) is 11.5 Å². The lowest BCUT2D eigenvalue weighted by molar-refractivity contribution is -0.384. The molecule has 4 aromatic rings. The number of nitro benzene ring substituents is 1. The second-order valence-corrected chi connectivity index (χ2v) is 9.97. The standard InChI is InChI=1S/C27H16Cl4N6O6/c28-16-5-2-7-18(23(16)30)33-26(40)35(20-9-1-4-14(13-32)25(20)39)36(21-12-15(37(42)43)10-11-22(21)38)27(41)34-19-8-3-6-17(29)24(19)31/h1-12,38-39H,(H,33,40)(H,34,41). The van der Waals surface area contributed by atoms with Crippen LogP contribution in [0.2, 0.25) is 20.1 Å². The smallest absolute Gasteiger partial charge is 0.346 e. The second-order valence-electron chi connectivity index (χ2n) is 8.40. The summed E-state index contributed by atoms with van der Waals surface area (Å²) in [4.78, 5) is 38.8. The lowest BCUT2D eigenvalue weighted by Gasteiger charge is -2.35. The van der Waals surface area contributed by atoms with Crippen LogP contribution >= 0.6 is 46.4 Å². The van der Waals surface area contributed by atoms with Crippen molar-refractivity contribution in [1.29, 1.82) is 5.26 Å². The highest BCUT2D eigenvalue weighted by molar-refractivity contribution is 6.44. The van der Waals surface area contributed by atoms with Gasteiger partial charge in [0.1, 0.15) is 23.2 Å². The normalized spacial score (nSPS) is 10.4. The maximum Gasteiger partial charge on any atom is 0.346 e. The van der Waals surface area contributed by atoms with E-state index in [9.17, 15) is 35.2 Å². The van der Waals surface area contributed by atoms with Crippen molar-refractivity contribution >= 4 is 86.9 Å². The van der Waals surface area contributed by atoms with Crippen molar-refractivity contribution < 1.29 is 24.7 Å². The first kappa shape index (κ1) is 31.0. The summed E-state index contributed by atoms with van der Waals surface area (Å²) in [6, 6.07) is 14.4. The van der Waals surface area contributed by atoms with Gasteiger partial charge in [0.2, 0.25) is 0 Å². The number of carbonyl (C=O) groups is 2. The number of nitrogens with zero attached hydrogens (tertiary/aromatic N) is 4. The molecule has 4 rings (SSSR count). The number of rotatable bonds is 5. The van der Waals surface area contributed by atoms with Crippen molar-refractivity contribution in [2.45, 2.75) is 0 Å². The molecule has 4 amide bonds. The molecule has 0 aliphatic heterocycles. The number of benzene rings is 4. The molecule has 0 heterocycles. The number of hydrogen-bond donors (Lipinski definition) is 4. The lowest BCUT2D eigenvalue weighted by Crippen LogP contribution is -2.54. The van der Waals surface area contributed by atoms with Crippen molar-refractivity contribution in [3.05, 3.63) is 109 Å². The van der Waals surface area contributed by atoms with E-state index in [1.807, 2.05) is 0 Å². The number of hydrogen-bond acceptors (Lipinski definition) is 7. The van der Waals surface area contributed by atoms with Crippen molar-refractivity contribution in [3.63, 3.8) is 0 Å². The number of nitro groups is 1. The molecule has 0 atom stereocenters. The highest BCUT2D eigenvalue weighted by Gasteiger charge is 2.35. The lowest BCUT2D eigenvalue weighted by atomic mass is 10.2. The molecule has 0 radical (unpaired) electrons. The Labute approximate surface area is 262 Å². The molecule has 218 valence electrons. The molecule has 0 aliphatic rings. The average molecular weight is 662 g/mol. The minimum absolute atomic E-state index is 0.0263. The van der Waals surface area contributed by atoms with Crippen LogP contribution in [0.4, 0.5) is 38.0 Å². The Kier molecular flexibility index (Phi) is 9.33. The molecule has 0 saturated heterocycles. The van der Waals surface area contributed by atoms with Gasteiger partial charge in [-0.1, -0.05) is 64.6 Å². The first-order valence-corrected chi connectivity index (χ1v) is 13.3. The number of non-ortho nitro benzene ring substituents is 1. The molecule has 16 heteroatoms. The van der Waals surface area contributed by atoms with E-state index in [1.54, 1.807) is 6.07 Å². The molecule has 0 aromatic heterocycles. The van der Waals surface area contributed by atoms with E-state index in [2.05, 4.69) is 10.6 Å². The van der Waals surface area contributed by atoms with Gasteiger partial charge in [0.05, 0.1) is 42.0 Å². The summed E-state index contributed by atoms with van der Waals surface area (Å²) in [5.41, 5.74) is -1.96. The fourth-order valence-corrected chi connectivity index (χ4v) is 4.44. The van der Waals surface area contributed by atoms with E-state index in [0.717, 1.165) is 18.2 Å². The number of halogens is 4. The van der Waals surface area contributed by atoms with Crippen molar-refractivity contribution in [2.75, 3.05) is 20.7 Å². The van der Waals surface area contributed by atoms with Crippen molar-refractivity contribution in [2.24, 2.45) is 0 Å². The Morgan fingerprint density at radius 1 is 0.791 bits per heavy atom. The Morgan fingerprint density at radius 2 is 1.30 bits per heavy atom. The Morgan fingerprint density at radius 3 is 1.81 bits per heavy atom. The number of para-hydroxylation sites is 1. The Bertz CT molecular complexity index is 1820. The minimum Gasteiger partial charge on any atom is -0.506 e. The molecular weight excluding hydrogens is 646 g/mol. The van der Waals surface area contributed by atoms with Gasteiger partial charge >= 0.3 is 12.1 Å². The van der Waals surface area contributed by atoms with Crippen LogP contribution in [0.1, 0.15) is 5.56 Å². The SMILES string of the molecule is N#Cc1cccc(N(C(=O)Nc2cccc(Cl)c2Cl)N(C(=O)Nc2cccc(Cl)c2Cl)c2cc([N+](=O)[O-])ccc2O)c1O. The van der Waals surface area contributed by atoms with Crippen molar-refractivity contribution in [3.8, 4) is 17.6 Å². The first-order valence-electron chi connectivity index (χ1n) is 11.7. The summed E-state index contributed by atoms with van der Waals surface area (Å²) in [5, 5.41) is 48.8. The zero-order valence-electron chi connectivity index (χ0n) is 21.3. The van der Waals surface area contributed by atoms with Crippen LogP contribution in [0.15, 0.2) is 72.8 Å². The van der Waals surface area contributed by atoms with E-state index < -0.39 is 45.5 Å². The molecule has 43 heavy (non-hydrogen) atoms. The van der Waals surface area contributed by atoms with Crippen LogP contribution < -0.4 is 20.7 Å². The third kappa shape index (κ3) is 6.45. The zero-order chi connectivity index (χ0) is 31.4. The number of aromatic hydroxyl groups is 2. The molecular formula is C27H16Cl4N6O6. The first-order chi connectivity index (χ1) is 20.4. The van der Waals surface area contributed by atoms with Gasteiger partial charge in [-0.2, -0.15) is 15.3 Å². The maximum absolute atomic E-state index is 14.0. The monoisotopic (exact) mass is 660 g/mol. The predicted molar refractivity (Wildman–Crippen MR) is 164 cm³/mol. The van der Waals surface area contributed by atoms with Crippen LogP contribution in [0, 0.1) is 21.4 Å². The van der Waals surface area contributed by atoms with Gasteiger partial charge in [0, 0.05) is 12.1 Å². The van der Waals surface area contributed by atoms with Gasteiger partial charge in [-0.05, 0) is 42.5 Å². The molecule has 0 fully saturated rings. The number of carbonyl (C=O) groups excluding carboxylic acids is 2. The van der Waals surface area contributed by atoms with Crippen LogP contribution in [-0.4, -0.2) is 27.2 Å². The number of urea groups is 2. The Balaban J connectivity index is 1.99. The fourth-order valence-electron chi connectivity index (χ4n) is 3.74. The second kappa shape index (κ2) is 12.9. The van der Waals surface area contributed by atoms with Crippen molar-refractivity contribution in [1.82, 2.24) is 0 Å². The van der Waals surface area contributed by atoms with E-state index in [4.69, 9.17) is 46.4 Å². The van der Waals surface area contributed by atoms with Gasteiger partial charge in [-0.15, -0.1) is 0 Å². The minimum atomic E-state index is -1.21. The van der Waals surface area contributed by atoms with Gasteiger partial charge in [-0.3, -0.25) is 10.1 Å². The summed E-state index contributed by atoms with van der Waals surface area (Å²) in [5.74, 6) is -1.44. The number of phenols is 2. The van der Waals surface area contributed by atoms with E-state index in [1.165, 1.54) is 54.6 Å². The molecule has 12 nitrogen and oxygen atoms in total. The molecule has 0 saturated carbocycles. The summed E-state index contributed by atoms with van der Waals surface area (Å²) in [6.07, 6.45) is 0. The average Bonchev–Trinajstić information content (AvgIpc) is 2.97. The van der Waals surface area contributed by atoms with Crippen LogP contribution in [-0.2, 0) is 0 Å². The summed E-state index contributed by atoms with van der Waals surface area (Å²) >= 11 is 24.7. The van der Waals surface area contributed by atoms with E-state index in [-0.39, 0.29) is 37.0 Å². The highest BCUT2D eigenvalue weighted by Crippen LogP contribution is 2.40. The number of nitriles is 1. The topological polar surface area (TPSA) is 172 Å².